The summed E-state index contributed by atoms with van der Waals surface area (Å²) in [5, 5.41) is -0.445. The summed E-state index contributed by atoms with van der Waals surface area (Å²) in [5.74, 6) is 0.492. The minimum Gasteiger partial charge on any atom is -0.490 e. The van der Waals surface area contributed by atoms with Gasteiger partial charge in [0.25, 0.3) is 11.1 Å². The average molecular weight is 669 g/mol. The van der Waals surface area contributed by atoms with Crippen LogP contribution in [0.1, 0.15) is 34.7 Å². The lowest BCUT2D eigenvalue weighted by Crippen LogP contribution is -2.44. The highest BCUT2D eigenvalue weighted by molar-refractivity contribution is 14.1. The molecule has 2 aliphatic heterocycles. The van der Waals surface area contributed by atoms with Gasteiger partial charge < -0.3 is 14.4 Å². The van der Waals surface area contributed by atoms with E-state index in [9.17, 15) is 14.4 Å². The highest BCUT2D eigenvalue weighted by Crippen LogP contribution is 2.38. The van der Waals surface area contributed by atoms with Crippen LogP contribution in [-0.2, 0) is 29.2 Å². The first-order valence-corrected chi connectivity index (χ1v) is 15.0. The van der Waals surface area contributed by atoms with E-state index in [1.807, 2.05) is 62.4 Å². The zero-order chi connectivity index (χ0) is 28.2. The third-order valence-corrected chi connectivity index (χ3v) is 8.45. The molecule has 0 spiro atoms. The number of nitrogens with zero attached hydrogens (tertiary/aromatic N) is 2. The Labute approximate surface area is 251 Å². The van der Waals surface area contributed by atoms with Crippen molar-refractivity contribution < 1.29 is 23.9 Å². The molecule has 206 valence electrons. The topological polar surface area (TPSA) is 76.2 Å². The van der Waals surface area contributed by atoms with Gasteiger partial charge in [0, 0.05) is 13.1 Å². The molecule has 0 radical (unpaired) electrons. The first kappa shape index (κ1) is 28.2. The predicted molar refractivity (Wildman–Crippen MR) is 164 cm³/mol. The van der Waals surface area contributed by atoms with E-state index in [0.29, 0.717) is 43.4 Å². The van der Waals surface area contributed by atoms with Crippen molar-refractivity contribution in [2.24, 2.45) is 0 Å². The fourth-order valence-electron chi connectivity index (χ4n) is 4.76. The minimum absolute atomic E-state index is 0.235. The normalized spacial score (nSPS) is 15.9. The van der Waals surface area contributed by atoms with Crippen molar-refractivity contribution in [3.05, 3.63) is 97.0 Å². The lowest BCUT2D eigenvalue weighted by Gasteiger charge is -2.29. The molecule has 3 aromatic rings. The number of ether oxygens (including phenoxy) is 2. The molecule has 9 heteroatoms. The number of rotatable bonds is 8. The predicted octanol–water partition coefficient (Wildman–Crippen LogP) is 6.20. The molecule has 2 heterocycles. The molecule has 0 N–H and O–H groups in total. The zero-order valence-electron chi connectivity index (χ0n) is 22.3. The number of amides is 3. The third-order valence-electron chi connectivity index (χ3n) is 6.75. The van der Waals surface area contributed by atoms with Crippen molar-refractivity contribution in [3.63, 3.8) is 0 Å². The molecule has 0 aliphatic carbocycles. The van der Waals surface area contributed by atoms with E-state index in [2.05, 4.69) is 34.7 Å². The summed E-state index contributed by atoms with van der Waals surface area (Å²) in [4.78, 5) is 42.0. The van der Waals surface area contributed by atoms with Gasteiger partial charge in [0.05, 0.1) is 15.1 Å². The molecule has 0 unspecified atom stereocenters. The Kier molecular flexibility index (Phi) is 8.80. The Balaban J connectivity index is 1.29. The number of carbonyl (C=O) groups excluding carboxylic acids is 3. The van der Waals surface area contributed by atoms with Gasteiger partial charge in [-0.2, -0.15) is 0 Å². The van der Waals surface area contributed by atoms with Gasteiger partial charge in [0.2, 0.25) is 5.91 Å². The summed E-state index contributed by atoms with van der Waals surface area (Å²) >= 11 is 3.03. The standard InChI is InChI=1S/C31H29IN2O5S/c1-3-38-26-15-22(14-25(32)29(26)39-19-21-8-6-7-20(2)13-21)16-27-30(36)34(31(37)40-27)18-28(35)33-12-11-23-9-4-5-10-24(23)17-33/h4-10,13-16H,3,11-12,17-19H2,1-2H3/b27-16-. The fraction of sp³-hybridized carbons (Fsp3) is 0.258. The molecule has 1 fully saturated rings. The lowest BCUT2D eigenvalue weighted by molar-refractivity contribution is -0.136. The average Bonchev–Trinajstić information content (AvgIpc) is 3.19. The van der Waals surface area contributed by atoms with E-state index in [0.717, 1.165) is 43.3 Å². The van der Waals surface area contributed by atoms with Gasteiger partial charge in [0.15, 0.2) is 11.5 Å². The zero-order valence-corrected chi connectivity index (χ0v) is 25.3. The summed E-state index contributed by atoms with van der Waals surface area (Å²) in [6.07, 6.45) is 2.43. The smallest absolute Gasteiger partial charge is 0.294 e. The maximum Gasteiger partial charge on any atom is 0.294 e. The Morgan fingerprint density at radius 2 is 1.85 bits per heavy atom. The largest absolute Gasteiger partial charge is 0.490 e. The maximum absolute atomic E-state index is 13.2. The van der Waals surface area contributed by atoms with Crippen LogP contribution in [0.15, 0.2) is 65.6 Å². The van der Waals surface area contributed by atoms with Gasteiger partial charge in [-0.1, -0.05) is 54.1 Å². The van der Waals surface area contributed by atoms with Crippen LogP contribution in [0.25, 0.3) is 6.08 Å². The first-order valence-electron chi connectivity index (χ1n) is 13.1. The Morgan fingerprint density at radius 1 is 1.05 bits per heavy atom. The third kappa shape index (κ3) is 6.36. The second-order valence-corrected chi connectivity index (χ2v) is 11.8. The van der Waals surface area contributed by atoms with E-state index in [1.165, 1.54) is 5.56 Å². The number of benzene rings is 3. The quantitative estimate of drug-likeness (QED) is 0.210. The Hall–Kier alpha value is -3.31. The van der Waals surface area contributed by atoms with E-state index in [4.69, 9.17) is 9.47 Å². The van der Waals surface area contributed by atoms with Crippen LogP contribution in [0.3, 0.4) is 0 Å². The van der Waals surface area contributed by atoms with Crippen molar-refractivity contribution >= 4 is 57.5 Å². The van der Waals surface area contributed by atoms with Crippen LogP contribution in [-0.4, -0.2) is 46.5 Å². The molecule has 3 aromatic carbocycles. The van der Waals surface area contributed by atoms with Crippen molar-refractivity contribution in [2.75, 3.05) is 19.7 Å². The molecule has 0 saturated carbocycles. The molecular weight excluding hydrogens is 639 g/mol. The molecule has 0 bridgehead atoms. The lowest BCUT2D eigenvalue weighted by atomic mass is 10.00. The summed E-state index contributed by atoms with van der Waals surface area (Å²) in [6, 6.07) is 19.8. The second kappa shape index (κ2) is 12.5. The summed E-state index contributed by atoms with van der Waals surface area (Å²) < 4.78 is 12.8. The minimum atomic E-state index is -0.464. The molecule has 40 heavy (non-hydrogen) atoms. The Morgan fingerprint density at radius 3 is 2.62 bits per heavy atom. The van der Waals surface area contributed by atoms with Gasteiger partial charge in [-0.3, -0.25) is 19.3 Å². The molecule has 0 aromatic heterocycles. The molecule has 7 nitrogen and oxygen atoms in total. The maximum atomic E-state index is 13.2. The first-order chi connectivity index (χ1) is 19.3. The van der Waals surface area contributed by atoms with E-state index in [1.54, 1.807) is 11.0 Å². The van der Waals surface area contributed by atoms with Gasteiger partial charge in [0.1, 0.15) is 13.2 Å². The molecule has 1 saturated heterocycles. The van der Waals surface area contributed by atoms with Crippen LogP contribution in [0.4, 0.5) is 4.79 Å². The molecular formula is C31H29IN2O5S. The van der Waals surface area contributed by atoms with E-state index < -0.39 is 11.1 Å². The molecule has 5 rings (SSSR count). The van der Waals surface area contributed by atoms with Gasteiger partial charge in [-0.25, -0.2) is 0 Å². The van der Waals surface area contributed by atoms with Gasteiger partial charge in [-0.15, -0.1) is 0 Å². The number of carbonyl (C=O) groups is 3. The highest BCUT2D eigenvalue weighted by atomic mass is 127. The Bertz CT molecular complexity index is 1500. The van der Waals surface area contributed by atoms with Gasteiger partial charge >= 0.3 is 0 Å². The number of hydrogen-bond donors (Lipinski definition) is 0. The van der Waals surface area contributed by atoms with Crippen molar-refractivity contribution in [2.45, 2.75) is 33.4 Å². The molecule has 2 aliphatic rings. The monoisotopic (exact) mass is 668 g/mol. The van der Waals surface area contributed by atoms with Crippen molar-refractivity contribution in [1.82, 2.24) is 9.80 Å². The van der Waals surface area contributed by atoms with Crippen LogP contribution in [0.5, 0.6) is 11.5 Å². The fourth-order valence-corrected chi connectivity index (χ4v) is 6.38. The van der Waals surface area contributed by atoms with Crippen molar-refractivity contribution in [1.29, 1.82) is 0 Å². The van der Waals surface area contributed by atoms with Crippen LogP contribution < -0.4 is 9.47 Å². The van der Waals surface area contributed by atoms with E-state index in [-0.39, 0.29) is 17.4 Å². The summed E-state index contributed by atoms with van der Waals surface area (Å²) in [5.41, 5.74) is 5.25. The van der Waals surface area contributed by atoms with E-state index >= 15 is 0 Å². The number of aryl methyl sites for hydroxylation is 1. The van der Waals surface area contributed by atoms with Crippen LogP contribution >= 0.6 is 34.4 Å². The molecule has 0 atom stereocenters. The molecule has 3 amide bonds. The van der Waals surface area contributed by atoms with Crippen molar-refractivity contribution in [3.8, 4) is 11.5 Å². The number of imide groups is 1. The summed E-state index contributed by atoms with van der Waals surface area (Å²) in [6.45, 7) is 5.56. The second-order valence-electron chi connectivity index (χ2n) is 9.64. The number of thioether (sulfide) groups is 1. The SMILES string of the molecule is CCOc1cc(/C=C2\SC(=O)N(CC(=O)N3CCc4ccccc4C3)C2=O)cc(I)c1OCc1cccc(C)c1. The van der Waals surface area contributed by atoms with Crippen LogP contribution in [0.2, 0.25) is 0 Å². The summed E-state index contributed by atoms with van der Waals surface area (Å²) in [7, 11) is 0. The number of hydrogen-bond acceptors (Lipinski definition) is 6. The number of halogens is 1. The number of fused-ring (bicyclic) bond motifs is 1. The van der Waals surface area contributed by atoms with Gasteiger partial charge in [-0.05, 0) is 95.1 Å². The highest BCUT2D eigenvalue weighted by Gasteiger charge is 2.37. The van der Waals surface area contributed by atoms with Crippen LogP contribution in [0, 0.1) is 10.5 Å².